The molecule has 1 fully saturated rings. The van der Waals surface area contributed by atoms with E-state index in [1.165, 1.54) is 29.2 Å². The first-order valence-electron chi connectivity index (χ1n) is 7.09. The lowest BCUT2D eigenvalue weighted by Gasteiger charge is -2.36. The molecule has 0 bridgehead atoms. The maximum atomic E-state index is 12.4. The Balaban J connectivity index is 2.11. The van der Waals surface area contributed by atoms with Crippen LogP contribution in [0.25, 0.3) is 0 Å². The summed E-state index contributed by atoms with van der Waals surface area (Å²) in [5.41, 5.74) is 0.387. The van der Waals surface area contributed by atoms with Crippen molar-refractivity contribution in [2.24, 2.45) is 0 Å². The molecule has 0 atom stereocenters. The highest BCUT2D eigenvalue weighted by molar-refractivity contribution is 7.90. The van der Waals surface area contributed by atoms with Crippen molar-refractivity contribution >= 4 is 21.7 Å². The number of sulfone groups is 1. The SMILES string of the molecule is CC(C)N1CCN(C(=O)c2ccc(S(C)(=O)=O)cc2)CC1=O. The van der Waals surface area contributed by atoms with E-state index in [0.717, 1.165) is 6.26 Å². The minimum Gasteiger partial charge on any atom is -0.337 e. The lowest BCUT2D eigenvalue weighted by atomic mass is 10.1. The first kappa shape index (κ1) is 16.5. The van der Waals surface area contributed by atoms with Crippen molar-refractivity contribution in [2.45, 2.75) is 24.8 Å². The van der Waals surface area contributed by atoms with Crippen LogP contribution in [0.15, 0.2) is 29.2 Å². The fraction of sp³-hybridized carbons (Fsp3) is 0.467. The number of carbonyl (C=O) groups is 2. The van der Waals surface area contributed by atoms with Crippen LogP contribution in [-0.4, -0.2) is 62.0 Å². The number of amides is 2. The van der Waals surface area contributed by atoms with Gasteiger partial charge < -0.3 is 9.80 Å². The Bertz CT molecular complexity index is 680. The normalized spacial score (nSPS) is 16.3. The lowest BCUT2D eigenvalue weighted by Crippen LogP contribution is -2.54. The Morgan fingerprint density at radius 1 is 1.14 bits per heavy atom. The molecule has 6 nitrogen and oxygen atoms in total. The molecule has 0 aliphatic carbocycles. The van der Waals surface area contributed by atoms with Gasteiger partial charge in [-0.05, 0) is 38.1 Å². The van der Waals surface area contributed by atoms with Crippen LogP contribution in [0.3, 0.4) is 0 Å². The Kier molecular flexibility index (Phi) is 4.55. The monoisotopic (exact) mass is 324 g/mol. The minimum atomic E-state index is -3.28. The van der Waals surface area contributed by atoms with Crippen LogP contribution in [-0.2, 0) is 14.6 Å². The summed E-state index contributed by atoms with van der Waals surface area (Å²) in [5, 5.41) is 0. The number of piperazine rings is 1. The van der Waals surface area contributed by atoms with E-state index in [2.05, 4.69) is 0 Å². The third kappa shape index (κ3) is 3.47. The Morgan fingerprint density at radius 3 is 2.18 bits per heavy atom. The van der Waals surface area contributed by atoms with Gasteiger partial charge in [0.05, 0.1) is 4.90 Å². The van der Waals surface area contributed by atoms with Crippen molar-refractivity contribution in [1.29, 1.82) is 0 Å². The van der Waals surface area contributed by atoms with Crippen LogP contribution in [0.4, 0.5) is 0 Å². The van der Waals surface area contributed by atoms with Crippen molar-refractivity contribution in [3.8, 4) is 0 Å². The van der Waals surface area contributed by atoms with E-state index < -0.39 is 9.84 Å². The molecule has 0 radical (unpaired) electrons. The van der Waals surface area contributed by atoms with Gasteiger partial charge in [-0.2, -0.15) is 0 Å². The van der Waals surface area contributed by atoms with E-state index in [1.807, 2.05) is 13.8 Å². The lowest BCUT2D eigenvalue weighted by molar-refractivity contribution is -0.136. The second-order valence-corrected chi connectivity index (χ2v) is 7.72. The van der Waals surface area contributed by atoms with Gasteiger partial charge in [0.2, 0.25) is 5.91 Å². The smallest absolute Gasteiger partial charge is 0.254 e. The number of hydrogen-bond acceptors (Lipinski definition) is 4. The number of benzene rings is 1. The number of hydrogen-bond donors (Lipinski definition) is 0. The molecule has 7 heteroatoms. The van der Waals surface area contributed by atoms with Gasteiger partial charge in [0.25, 0.3) is 5.91 Å². The van der Waals surface area contributed by atoms with Crippen LogP contribution in [0, 0.1) is 0 Å². The molecule has 0 saturated carbocycles. The Morgan fingerprint density at radius 2 is 1.73 bits per heavy atom. The fourth-order valence-electron chi connectivity index (χ4n) is 2.43. The van der Waals surface area contributed by atoms with E-state index in [4.69, 9.17) is 0 Å². The predicted molar refractivity (Wildman–Crippen MR) is 82.3 cm³/mol. The predicted octanol–water partition coefficient (Wildman–Crippen LogP) is 0.783. The summed E-state index contributed by atoms with van der Waals surface area (Å²) in [4.78, 5) is 27.8. The Hall–Kier alpha value is -1.89. The summed E-state index contributed by atoms with van der Waals surface area (Å²) in [6.45, 7) is 4.95. The summed E-state index contributed by atoms with van der Waals surface area (Å²) in [7, 11) is -3.28. The summed E-state index contributed by atoms with van der Waals surface area (Å²) in [6, 6.07) is 5.92. The third-order valence-corrected chi connectivity index (χ3v) is 4.83. The zero-order valence-electron chi connectivity index (χ0n) is 12.9. The molecule has 0 N–H and O–H groups in total. The van der Waals surface area contributed by atoms with Crippen molar-refractivity contribution < 1.29 is 18.0 Å². The van der Waals surface area contributed by atoms with Crippen molar-refractivity contribution in [3.63, 3.8) is 0 Å². The molecule has 1 aliphatic heterocycles. The second-order valence-electron chi connectivity index (χ2n) is 5.70. The third-order valence-electron chi connectivity index (χ3n) is 3.70. The summed E-state index contributed by atoms with van der Waals surface area (Å²) in [6.07, 6.45) is 1.12. The van der Waals surface area contributed by atoms with E-state index in [9.17, 15) is 18.0 Å². The highest BCUT2D eigenvalue weighted by Crippen LogP contribution is 2.14. The zero-order valence-corrected chi connectivity index (χ0v) is 13.8. The summed E-state index contributed by atoms with van der Waals surface area (Å²) < 4.78 is 22.8. The van der Waals surface area contributed by atoms with E-state index in [1.54, 1.807) is 4.90 Å². The molecule has 1 aliphatic rings. The molecule has 1 heterocycles. The van der Waals surface area contributed by atoms with Gasteiger partial charge in [-0.3, -0.25) is 9.59 Å². The first-order valence-corrected chi connectivity index (χ1v) is 8.98. The van der Waals surface area contributed by atoms with Gasteiger partial charge in [-0.15, -0.1) is 0 Å². The highest BCUT2D eigenvalue weighted by atomic mass is 32.2. The van der Waals surface area contributed by atoms with Crippen molar-refractivity contribution in [1.82, 2.24) is 9.80 Å². The van der Waals surface area contributed by atoms with Crippen LogP contribution in [0.1, 0.15) is 24.2 Å². The largest absolute Gasteiger partial charge is 0.337 e. The molecule has 1 saturated heterocycles. The number of rotatable bonds is 3. The molecule has 0 unspecified atom stereocenters. The van der Waals surface area contributed by atoms with Crippen molar-refractivity contribution in [2.75, 3.05) is 25.9 Å². The average molecular weight is 324 g/mol. The topological polar surface area (TPSA) is 74.8 Å². The maximum Gasteiger partial charge on any atom is 0.254 e. The Labute approximate surface area is 130 Å². The summed E-state index contributed by atoms with van der Waals surface area (Å²) in [5.74, 6) is -0.320. The highest BCUT2D eigenvalue weighted by Gasteiger charge is 2.28. The van der Waals surface area contributed by atoms with Gasteiger partial charge in [0.15, 0.2) is 9.84 Å². The average Bonchev–Trinajstić information content (AvgIpc) is 2.45. The standard InChI is InChI=1S/C15H20N2O4S/c1-11(2)17-9-8-16(10-14(17)18)15(19)12-4-6-13(7-5-12)22(3,20)21/h4-7,11H,8-10H2,1-3H3. The fourth-order valence-corrected chi connectivity index (χ4v) is 3.06. The molecular formula is C15H20N2O4S. The molecule has 22 heavy (non-hydrogen) atoms. The van der Waals surface area contributed by atoms with E-state index in [-0.39, 0.29) is 29.3 Å². The van der Waals surface area contributed by atoms with Gasteiger partial charge in [0.1, 0.15) is 6.54 Å². The molecule has 2 amide bonds. The van der Waals surface area contributed by atoms with Gasteiger partial charge in [0, 0.05) is 31.0 Å². The molecule has 2 rings (SSSR count). The molecule has 1 aromatic rings. The van der Waals surface area contributed by atoms with E-state index in [0.29, 0.717) is 18.7 Å². The van der Waals surface area contributed by atoms with Gasteiger partial charge >= 0.3 is 0 Å². The molecule has 120 valence electrons. The van der Waals surface area contributed by atoms with E-state index >= 15 is 0 Å². The van der Waals surface area contributed by atoms with Crippen LogP contribution in [0.5, 0.6) is 0 Å². The summed E-state index contributed by atoms with van der Waals surface area (Å²) >= 11 is 0. The van der Waals surface area contributed by atoms with Crippen LogP contribution in [0.2, 0.25) is 0 Å². The minimum absolute atomic E-state index is 0.0604. The van der Waals surface area contributed by atoms with Gasteiger partial charge in [-0.1, -0.05) is 0 Å². The number of nitrogens with zero attached hydrogens (tertiary/aromatic N) is 2. The second kappa shape index (κ2) is 6.08. The maximum absolute atomic E-state index is 12.4. The quantitative estimate of drug-likeness (QED) is 0.823. The first-order chi connectivity index (χ1) is 10.2. The molecular weight excluding hydrogens is 304 g/mol. The molecule has 0 aromatic heterocycles. The van der Waals surface area contributed by atoms with Crippen LogP contribution >= 0.6 is 0 Å². The van der Waals surface area contributed by atoms with Crippen LogP contribution < -0.4 is 0 Å². The number of carbonyl (C=O) groups excluding carboxylic acids is 2. The molecule has 1 aromatic carbocycles. The molecule has 0 spiro atoms. The van der Waals surface area contributed by atoms with Crippen molar-refractivity contribution in [3.05, 3.63) is 29.8 Å². The van der Waals surface area contributed by atoms with Gasteiger partial charge in [-0.25, -0.2) is 8.42 Å². The zero-order chi connectivity index (χ0) is 16.5.